The number of benzene rings is 5. The van der Waals surface area contributed by atoms with Crippen molar-refractivity contribution in [2.24, 2.45) is 0 Å². The standard InChI is InChI=1S/C46H34OS/c1-4-32-17-9-11-19-34(32)30(2)35-20-7-5-6-8-21-36(38-23-13-12-22-37(35)38)31(3)40-28-42-39-24-14-16-26-45(39)48-46(42)29-41(40)44-27-33-18-10-15-25-43(33)47-44/h4,7-29H,1-3,5-6H2/b20-7+,21-8+,37-35+,38-36+. The fourth-order valence-corrected chi connectivity index (χ4v) is 7.96. The van der Waals surface area contributed by atoms with E-state index >= 15 is 0 Å². The monoisotopic (exact) mass is 634 g/mol. The van der Waals surface area contributed by atoms with Gasteiger partial charge in [0.2, 0.25) is 0 Å². The molecule has 0 saturated heterocycles. The summed E-state index contributed by atoms with van der Waals surface area (Å²) in [6.07, 6.45) is 12.8. The largest absolute Gasteiger partial charge is 0.456 e. The van der Waals surface area contributed by atoms with Crippen molar-refractivity contribution in [1.82, 2.24) is 0 Å². The number of hydrogen-bond donors (Lipinski definition) is 0. The lowest BCUT2D eigenvalue weighted by Gasteiger charge is -2.16. The third kappa shape index (κ3) is 5.21. The van der Waals surface area contributed by atoms with Crippen LogP contribution in [-0.4, -0.2) is 0 Å². The zero-order valence-electron chi connectivity index (χ0n) is 26.7. The summed E-state index contributed by atoms with van der Waals surface area (Å²) in [4.78, 5) is 0. The molecule has 2 heterocycles. The highest BCUT2D eigenvalue weighted by atomic mass is 32.1. The molecule has 0 saturated carbocycles. The molecule has 7 aromatic rings. The third-order valence-electron chi connectivity index (χ3n) is 9.27. The first kappa shape index (κ1) is 29.7. The molecule has 0 radical (unpaired) electrons. The lowest BCUT2D eigenvalue weighted by atomic mass is 9.88. The molecule has 2 heteroatoms. The fraction of sp³-hybridized carbons (Fsp3) is 0.0435. The molecule has 0 unspecified atom stereocenters. The Hall–Kier alpha value is -5.70. The van der Waals surface area contributed by atoms with Crippen molar-refractivity contribution < 1.29 is 4.42 Å². The molecule has 0 atom stereocenters. The molecule has 1 aliphatic carbocycles. The van der Waals surface area contributed by atoms with Crippen molar-refractivity contribution in [2.75, 3.05) is 0 Å². The molecule has 0 bridgehead atoms. The zero-order valence-corrected chi connectivity index (χ0v) is 27.5. The Morgan fingerprint density at radius 3 is 2.02 bits per heavy atom. The lowest BCUT2D eigenvalue weighted by Crippen LogP contribution is -2.29. The molecule has 1 nitrogen and oxygen atoms in total. The van der Waals surface area contributed by atoms with E-state index in [1.807, 2.05) is 35.6 Å². The second-order valence-corrected chi connectivity index (χ2v) is 13.2. The van der Waals surface area contributed by atoms with Gasteiger partial charge in [0, 0.05) is 31.1 Å². The quantitative estimate of drug-likeness (QED) is 0.177. The van der Waals surface area contributed by atoms with Gasteiger partial charge in [0.05, 0.1) is 0 Å². The van der Waals surface area contributed by atoms with Gasteiger partial charge in [0.15, 0.2) is 0 Å². The molecule has 0 fully saturated rings. The maximum atomic E-state index is 6.53. The number of furan rings is 1. The molecule has 48 heavy (non-hydrogen) atoms. The molecule has 0 N–H and O–H groups in total. The fourth-order valence-electron chi connectivity index (χ4n) is 6.83. The van der Waals surface area contributed by atoms with Gasteiger partial charge in [-0.2, -0.15) is 0 Å². The van der Waals surface area contributed by atoms with Gasteiger partial charge >= 0.3 is 0 Å². The summed E-state index contributed by atoms with van der Waals surface area (Å²) < 4.78 is 9.03. The molecule has 0 aliphatic heterocycles. The van der Waals surface area contributed by atoms with Gasteiger partial charge < -0.3 is 4.42 Å². The summed E-state index contributed by atoms with van der Waals surface area (Å²) in [5, 5.41) is 5.80. The molecule has 0 amide bonds. The second-order valence-electron chi connectivity index (χ2n) is 12.1. The van der Waals surface area contributed by atoms with Crippen LogP contribution in [0.25, 0.3) is 70.8 Å². The van der Waals surface area contributed by atoms with Crippen LogP contribution < -0.4 is 10.4 Å². The van der Waals surface area contributed by atoms with Gasteiger partial charge in [-0.25, -0.2) is 0 Å². The van der Waals surface area contributed by atoms with Gasteiger partial charge in [-0.15, -0.1) is 11.3 Å². The lowest BCUT2D eigenvalue weighted by molar-refractivity contribution is 0.631. The van der Waals surface area contributed by atoms with E-state index in [2.05, 4.69) is 135 Å². The van der Waals surface area contributed by atoms with Crippen molar-refractivity contribution in [2.45, 2.75) is 12.8 Å². The minimum Gasteiger partial charge on any atom is -0.456 e. The average Bonchev–Trinajstić information content (AvgIpc) is 3.73. The number of para-hydroxylation sites is 1. The Kier molecular flexibility index (Phi) is 7.72. The second kappa shape index (κ2) is 12.5. The van der Waals surface area contributed by atoms with Gasteiger partial charge in [-0.1, -0.05) is 135 Å². The summed E-state index contributed by atoms with van der Waals surface area (Å²) in [5.74, 6) is 0.842. The van der Waals surface area contributed by atoms with E-state index in [9.17, 15) is 0 Å². The van der Waals surface area contributed by atoms with Crippen LogP contribution in [0, 0.1) is 0 Å². The Labute approximate surface area is 284 Å². The average molecular weight is 635 g/mol. The van der Waals surface area contributed by atoms with Crippen LogP contribution in [0.3, 0.4) is 0 Å². The van der Waals surface area contributed by atoms with Crippen LogP contribution in [0.2, 0.25) is 0 Å². The number of rotatable bonds is 6. The van der Waals surface area contributed by atoms with Gasteiger partial charge in [0.25, 0.3) is 0 Å². The van der Waals surface area contributed by atoms with Crippen LogP contribution >= 0.6 is 11.3 Å². The number of thiophene rings is 1. The van der Waals surface area contributed by atoms with Crippen LogP contribution in [0.15, 0.2) is 164 Å². The number of allylic oxidation sites excluding steroid dienone is 6. The maximum absolute atomic E-state index is 6.53. The first-order chi connectivity index (χ1) is 23.6. The van der Waals surface area contributed by atoms with Crippen molar-refractivity contribution >= 4 is 70.8 Å². The molecule has 5 aromatic carbocycles. The Bertz CT molecular complexity index is 2580. The minimum atomic E-state index is 0.842. The highest BCUT2D eigenvalue weighted by Crippen LogP contribution is 2.42. The molecular weight excluding hydrogens is 601 g/mol. The van der Waals surface area contributed by atoms with E-state index in [1.54, 1.807) is 0 Å². The Morgan fingerprint density at radius 1 is 0.625 bits per heavy atom. The smallest absolute Gasteiger partial charge is 0.136 e. The summed E-state index contributed by atoms with van der Waals surface area (Å²) in [6.45, 7) is 13.6. The third-order valence-corrected chi connectivity index (χ3v) is 10.4. The van der Waals surface area contributed by atoms with E-state index in [0.717, 1.165) is 84.6 Å². The van der Waals surface area contributed by atoms with Crippen molar-refractivity contribution in [3.63, 3.8) is 0 Å². The summed E-state index contributed by atoms with van der Waals surface area (Å²) in [7, 11) is 0. The van der Waals surface area contributed by atoms with E-state index in [-0.39, 0.29) is 0 Å². The first-order valence-corrected chi connectivity index (χ1v) is 17.1. The molecule has 2 aromatic heterocycles. The summed E-state index contributed by atoms with van der Waals surface area (Å²) in [6, 6.07) is 40.6. The first-order valence-electron chi connectivity index (χ1n) is 16.3. The summed E-state index contributed by atoms with van der Waals surface area (Å²) in [5.41, 5.74) is 9.22. The molecular formula is C46H34OS. The molecule has 0 spiro atoms. The van der Waals surface area contributed by atoms with E-state index in [1.165, 1.54) is 20.2 Å². The van der Waals surface area contributed by atoms with Crippen LogP contribution in [0.4, 0.5) is 0 Å². The van der Waals surface area contributed by atoms with Crippen LogP contribution in [0.5, 0.6) is 0 Å². The van der Waals surface area contributed by atoms with E-state index in [0.29, 0.717) is 0 Å². The van der Waals surface area contributed by atoms with Crippen molar-refractivity contribution in [3.8, 4) is 11.3 Å². The van der Waals surface area contributed by atoms with E-state index < -0.39 is 0 Å². The van der Waals surface area contributed by atoms with Crippen molar-refractivity contribution in [1.29, 1.82) is 0 Å². The maximum Gasteiger partial charge on any atom is 0.136 e. The summed E-state index contributed by atoms with van der Waals surface area (Å²) >= 11 is 1.82. The number of fused-ring (bicyclic) bond motifs is 5. The highest BCUT2D eigenvalue weighted by molar-refractivity contribution is 7.25. The highest BCUT2D eigenvalue weighted by Gasteiger charge is 2.19. The van der Waals surface area contributed by atoms with Gasteiger partial charge in [-0.05, 0) is 92.6 Å². The van der Waals surface area contributed by atoms with Gasteiger partial charge in [-0.3, -0.25) is 0 Å². The predicted molar refractivity (Wildman–Crippen MR) is 209 cm³/mol. The zero-order chi connectivity index (χ0) is 32.6. The normalized spacial score (nSPS) is 16.8. The Balaban J connectivity index is 1.43. The number of hydrogen-bond acceptors (Lipinski definition) is 2. The molecule has 230 valence electrons. The van der Waals surface area contributed by atoms with Crippen LogP contribution in [0.1, 0.15) is 29.5 Å². The topological polar surface area (TPSA) is 13.1 Å². The van der Waals surface area contributed by atoms with Gasteiger partial charge in [0.1, 0.15) is 11.3 Å². The van der Waals surface area contributed by atoms with Crippen LogP contribution in [-0.2, 0) is 0 Å². The molecule has 8 rings (SSSR count). The predicted octanol–water partition coefficient (Wildman–Crippen LogP) is 11.7. The van der Waals surface area contributed by atoms with E-state index in [4.69, 9.17) is 11.0 Å². The minimum absolute atomic E-state index is 0.842. The van der Waals surface area contributed by atoms with Crippen molar-refractivity contribution in [3.05, 3.63) is 186 Å². The Morgan fingerprint density at radius 2 is 1.27 bits per heavy atom. The molecule has 1 aliphatic rings. The SMILES string of the molecule is C=Cc1ccccc1C(=C)C1=c2\cccc\c2=C(C(=C)c2cc3c(cc2-c2cc4ccccc4o2)sc2ccccc23)\C=C\CC\C=C\1.